The van der Waals surface area contributed by atoms with E-state index in [9.17, 15) is 0 Å². The van der Waals surface area contributed by atoms with Gasteiger partial charge in [-0.3, -0.25) is 0 Å². The summed E-state index contributed by atoms with van der Waals surface area (Å²) in [5, 5.41) is 2.61. The van der Waals surface area contributed by atoms with Crippen LogP contribution in [0.2, 0.25) is 0 Å². The second kappa shape index (κ2) is 14.4. The number of hydrogen-bond acceptors (Lipinski definition) is 2. The topological polar surface area (TPSA) is 12.9 Å². The van der Waals surface area contributed by atoms with Crippen molar-refractivity contribution in [2.45, 2.75) is 10.8 Å². The van der Waals surface area contributed by atoms with E-state index in [1.165, 1.54) is 75.8 Å². The average molecular weight is 888 g/mol. The molecule has 2 aromatic heterocycles. The molecule has 0 fully saturated rings. The Labute approximate surface area is 405 Å². The Bertz CT molecular complexity index is 3930. The lowest BCUT2D eigenvalue weighted by Crippen LogP contribution is -2.43. The molecule has 3 aliphatic carbocycles. The van der Waals surface area contributed by atoms with Crippen LogP contribution in [0.15, 0.2) is 224 Å². The van der Waals surface area contributed by atoms with Crippen molar-refractivity contribution in [1.29, 1.82) is 0 Å². The predicted molar refractivity (Wildman–Crippen MR) is 282 cm³/mol. The van der Waals surface area contributed by atoms with Gasteiger partial charge in [-0.2, -0.15) is 0 Å². The monoisotopic (exact) mass is 887 g/mol. The largest absolute Gasteiger partial charge is 0.248 e. The molecule has 0 saturated heterocycles. The van der Waals surface area contributed by atoms with Gasteiger partial charge in [-0.25, -0.2) is 4.98 Å². The number of thiophene rings is 1. The van der Waals surface area contributed by atoms with E-state index in [1.54, 1.807) is 0 Å². The minimum Gasteiger partial charge on any atom is -0.248 e. The van der Waals surface area contributed by atoms with E-state index >= 15 is 0 Å². The number of fused-ring (bicyclic) bond motifs is 20. The molecule has 0 bridgehead atoms. The van der Waals surface area contributed by atoms with E-state index in [-0.39, 0.29) is 0 Å². The predicted octanol–water partition coefficient (Wildman–Crippen LogP) is 16.4. The summed E-state index contributed by atoms with van der Waals surface area (Å²) in [4.78, 5) is 5.20. The molecule has 316 valence electrons. The van der Waals surface area contributed by atoms with E-state index in [0.717, 1.165) is 55.9 Å². The normalized spacial score (nSPS) is 13.8. The van der Waals surface area contributed by atoms with Gasteiger partial charge in [0.2, 0.25) is 0 Å². The summed E-state index contributed by atoms with van der Waals surface area (Å²) in [5.41, 5.74) is 22.0. The van der Waals surface area contributed by atoms with Crippen molar-refractivity contribution in [2.24, 2.45) is 0 Å². The zero-order chi connectivity index (χ0) is 45.3. The first-order valence-corrected chi connectivity index (χ1v) is 24.4. The highest BCUT2D eigenvalue weighted by molar-refractivity contribution is 7.25. The van der Waals surface area contributed by atoms with Gasteiger partial charge in [0, 0.05) is 48.0 Å². The molecular formula is C67H37NS. The third-order valence-electron chi connectivity index (χ3n) is 15.2. The minimum absolute atomic E-state index is 0.576. The van der Waals surface area contributed by atoms with Gasteiger partial charge in [-0.15, -0.1) is 11.3 Å². The Morgan fingerprint density at radius 2 is 0.957 bits per heavy atom. The highest BCUT2D eigenvalue weighted by Gasteiger charge is 2.59. The van der Waals surface area contributed by atoms with Gasteiger partial charge < -0.3 is 0 Å². The summed E-state index contributed by atoms with van der Waals surface area (Å²) in [6.45, 7) is 0. The third kappa shape index (κ3) is 5.14. The molecule has 0 amide bonds. The Hall–Kier alpha value is -8.79. The lowest BCUT2D eigenvalue weighted by molar-refractivity contribution is 0.636. The fraction of sp³-hybridized carbons (Fsp3) is 0.0299. The van der Waals surface area contributed by atoms with Gasteiger partial charge in [0.1, 0.15) is 0 Å². The Morgan fingerprint density at radius 3 is 1.68 bits per heavy atom. The molecule has 0 saturated carbocycles. The van der Waals surface area contributed by atoms with Crippen LogP contribution in [-0.2, 0) is 10.8 Å². The number of hydrogen-bond donors (Lipinski definition) is 0. The number of pyridine rings is 1. The summed E-state index contributed by atoms with van der Waals surface area (Å²) in [7, 11) is 0. The van der Waals surface area contributed by atoms with Gasteiger partial charge in [0.05, 0.1) is 22.2 Å². The van der Waals surface area contributed by atoms with Crippen molar-refractivity contribution >= 4 is 31.5 Å². The van der Waals surface area contributed by atoms with Gasteiger partial charge >= 0.3 is 0 Å². The van der Waals surface area contributed by atoms with Crippen molar-refractivity contribution in [2.75, 3.05) is 0 Å². The highest BCUT2D eigenvalue weighted by Crippen LogP contribution is 2.68. The molecule has 12 aromatic rings. The fourth-order valence-corrected chi connectivity index (χ4v) is 13.6. The average Bonchev–Trinajstić information content (AvgIpc) is 4.06. The number of benzene rings is 8. The zero-order valence-corrected chi connectivity index (χ0v) is 38.0. The molecule has 10 aromatic carbocycles. The van der Waals surface area contributed by atoms with Gasteiger partial charge in [-0.1, -0.05) is 200 Å². The number of rotatable bonds is 4. The minimum atomic E-state index is -0.701. The first-order chi connectivity index (χ1) is 34.2. The van der Waals surface area contributed by atoms with Gasteiger partial charge in [0.15, 0.2) is 0 Å². The molecule has 2 spiro atoms. The second-order valence-electron chi connectivity index (χ2n) is 18.5. The second-order valence-corrected chi connectivity index (χ2v) is 19.6. The summed E-state index contributed by atoms with van der Waals surface area (Å²) < 4.78 is 2.58. The lowest BCUT2D eigenvalue weighted by Gasteiger charge is -2.48. The first kappa shape index (κ1) is 38.3. The van der Waals surface area contributed by atoms with Crippen LogP contribution >= 0.6 is 11.3 Å². The number of aromatic nitrogens is 1. The standard InChI is InChI=1S/C67H37NS/c1-3-18-42(19-4-1)60-40-47(41-61(68-60)43-20-5-2-6-21-43)45-23-17-22-44(38-45)46-34-35-50-51-36-37-63-64(52-26-9-16-33-62(52)69-63)65(51)67(59(50)39-46)57-31-14-12-29-55(57)66(56-30-13-15-32-58(56)67)53-27-10-7-24-48(53)49-25-8-11-28-54(49)66/h1-7,9-24,26-33,36-41H. The van der Waals surface area contributed by atoms with Crippen molar-refractivity contribution in [3.63, 3.8) is 0 Å². The number of nitrogens with zero attached hydrogens (tertiary/aromatic N) is 1. The SMILES string of the molecule is c1ccc2c(c#1)-c1ccccc1C21c2ccccc2C2(c3cc(-c4cccc(-c5cc(-c6ccccc6)nc(-c6ccccc6)c5)c4)c#cc3-c3ccc4sc5ccccc5c4c32)c2ccccc21. The van der Waals surface area contributed by atoms with Gasteiger partial charge in [0.25, 0.3) is 0 Å². The Balaban J connectivity index is 1.01. The maximum absolute atomic E-state index is 5.20. The van der Waals surface area contributed by atoms with Crippen LogP contribution < -0.4 is 0 Å². The molecule has 2 heteroatoms. The Morgan fingerprint density at radius 1 is 0.362 bits per heavy atom. The maximum atomic E-state index is 5.20. The molecule has 15 rings (SSSR count). The van der Waals surface area contributed by atoms with Gasteiger partial charge in [-0.05, 0) is 121 Å². The first-order valence-electron chi connectivity index (χ1n) is 23.6. The van der Waals surface area contributed by atoms with Crippen molar-refractivity contribution < 1.29 is 0 Å². The molecule has 0 aliphatic heterocycles. The third-order valence-corrected chi connectivity index (χ3v) is 16.4. The van der Waals surface area contributed by atoms with Crippen LogP contribution in [0.3, 0.4) is 0 Å². The van der Waals surface area contributed by atoms with E-state index < -0.39 is 10.8 Å². The smallest absolute Gasteiger partial charge is 0.0733 e. The van der Waals surface area contributed by atoms with Crippen molar-refractivity contribution in [3.8, 4) is 67.0 Å². The van der Waals surface area contributed by atoms with Crippen LogP contribution in [0.4, 0.5) is 0 Å². The molecule has 69 heavy (non-hydrogen) atoms. The Kier molecular flexibility index (Phi) is 7.98. The van der Waals surface area contributed by atoms with Crippen LogP contribution in [-0.4, -0.2) is 4.98 Å². The molecule has 1 nitrogen and oxygen atoms in total. The van der Waals surface area contributed by atoms with Crippen LogP contribution in [0.25, 0.3) is 87.2 Å². The molecule has 0 unspecified atom stereocenters. The maximum Gasteiger partial charge on any atom is 0.0733 e. The zero-order valence-electron chi connectivity index (χ0n) is 37.2. The molecule has 0 atom stereocenters. The molecule has 0 radical (unpaired) electrons. The molecular weight excluding hydrogens is 851 g/mol. The van der Waals surface area contributed by atoms with E-state index in [0.29, 0.717) is 0 Å². The van der Waals surface area contributed by atoms with Crippen LogP contribution in [0, 0.1) is 24.3 Å². The van der Waals surface area contributed by atoms with Crippen molar-refractivity contribution in [3.05, 3.63) is 293 Å². The molecule has 2 heterocycles. The van der Waals surface area contributed by atoms with Crippen molar-refractivity contribution in [1.82, 2.24) is 4.98 Å². The quantitative estimate of drug-likeness (QED) is 0.172. The summed E-state index contributed by atoms with van der Waals surface area (Å²) in [6, 6.07) is 97.0. The molecule has 0 N–H and O–H groups in total. The summed E-state index contributed by atoms with van der Waals surface area (Å²) in [5.74, 6) is 0. The fourth-order valence-electron chi connectivity index (χ4n) is 12.5. The molecule has 3 aliphatic rings. The summed E-state index contributed by atoms with van der Waals surface area (Å²) >= 11 is 1.88. The summed E-state index contributed by atoms with van der Waals surface area (Å²) in [6.07, 6.45) is 0. The highest BCUT2D eigenvalue weighted by atomic mass is 32.1. The van der Waals surface area contributed by atoms with E-state index in [4.69, 9.17) is 4.98 Å². The van der Waals surface area contributed by atoms with Crippen LogP contribution in [0.1, 0.15) is 44.5 Å². The van der Waals surface area contributed by atoms with Crippen LogP contribution in [0.5, 0.6) is 0 Å². The lowest BCUT2D eigenvalue weighted by atomic mass is 9.52. The van der Waals surface area contributed by atoms with E-state index in [1.807, 2.05) is 17.4 Å². The van der Waals surface area contributed by atoms with E-state index in [2.05, 4.69) is 243 Å².